The number of aliphatic hydroxyl groups excluding tert-OH is 1. The first-order valence-electron chi connectivity index (χ1n) is 9.48. The zero-order valence-corrected chi connectivity index (χ0v) is 15.6. The van der Waals surface area contributed by atoms with Crippen molar-refractivity contribution in [1.82, 2.24) is 24.8 Å². The largest absolute Gasteiger partial charge is 0.394 e. The predicted octanol–water partition coefficient (Wildman–Crippen LogP) is 2.61. The number of aliphatic hydroxyl groups is 1. The van der Waals surface area contributed by atoms with Crippen molar-refractivity contribution in [3.8, 4) is 11.4 Å². The molecule has 2 aromatic heterocycles. The Kier molecular flexibility index (Phi) is 5.31. The Balaban J connectivity index is 1.43. The number of hydrogen-bond donors (Lipinski definition) is 1. The molecule has 0 bridgehead atoms. The molecule has 1 fully saturated rings. The molecule has 1 N–H and O–H groups in total. The van der Waals surface area contributed by atoms with Gasteiger partial charge >= 0.3 is 0 Å². The van der Waals surface area contributed by atoms with Gasteiger partial charge in [0.1, 0.15) is 0 Å². The lowest BCUT2D eigenvalue weighted by atomic mass is 9.97. The third-order valence-corrected chi connectivity index (χ3v) is 5.10. The van der Waals surface area contributed by atoms with Crippen molar-refractivity contribution in [3.63, 3.8) is 0 Å². The van der Waals surface area contributed by atoms with Crippen LogP contribution in [0.25, 0.3) is 11.4 Å². The van der Waals surface area contributed by atoms with E-state index in [4.69, 9.17) is 9.63 Å². The fourth-order valence-corrected chi connectivity index (χ4v) is 3.68. The van der Waals surface area contributed by atoms with Crippen LogP contribution in [0.4, 0.5) is 0 Å². The number of aryl methyl sites for hydroxylation is 1. The van der Waals surface area contributed by atoms with Gasteiger partial charge in [0.15, 0.2) is 0 Å². The number of hydrogen-bond acceptors (Lipinski definition) is 6. The minimum Gasteiger partial charge on any atom is -0.394 e. The van der Waals surface area contributed by atoms with Crippen molar-refractivity contribution in [1.29, 1.82) is 0 Å². The molecule has 0 amide bonds. The number of likely N-dealkylation sites (tertiary alicyclic amines) is 1. The standard InChI is InChI=1S/C20H25N5O2/c1-15-18(14-25(22-15)10-11-26)13-24-9-5-8-17(12-24)20-21-19(23-27-20)16-6-3-2-4-7-16/h2-4,6-7,14,17,26H,5,8-13H2,1H3/t17-/m0/s1. The van der Waals surface area contributed by atoms with Crippen LogP contribution in [-0.2, 0) is 13.1 Å². The van der Waals surface area contributed by atoms with Gasteiger partial charge in [-0.1, -0.05) is 35.5 Å². The minimum atomic E-state index is 0.104. The maximum Gasteiger partial charge on any atom is 0.231 e. The van der Waals surface area contributed by atoms with E-state index in [0.717, 1.165) is 49.6 Å². The number of nitrogens with zero attached hydrogens (tertiary/aromatic N) is 5. The summed E-state index contributed by atoms with van der Waals surface area (Å²) in [5.41, 5.74) is 3.21. The molecule has 3 heterocycles. The smallest absolute Gasteiger partial charge is 0.231 e. The van der Waals surface area contributed by atoms with Crippen molar-refractivity contribution >= 4 is 0 Å². The van der Waals surface area contributed by atoms with Gasteiger partial charge in [0.05, 0.1) is 24.8 Å². The highest BCUT2D eigenvalue weighted by atomic mass is 16.5. The van der Waals surface area contributed by atoms with Gasteiger partial charge in [0.2, 0.25) is 11.7 Å². The molecule has 142 valence electrons. The van der Waals surface area contributed by atoms with Gasteiger partial charge in [0, 0.05) is 30.4 Å². The van der Waals surface area contributed by atoms with E-state index in [9.17, 15) is 0 Å². The normalized spacial score (nSPS) is 18.1. The van der Waals surface area contributed by atoms with Gasteiger partial charge in [0.25, 0.3) is 0 Å². The monoisotopic (exact) mass is 367 g/mol. The Morgan fingerprint density at radius 3 is 2.93 bits per heavy atom. The maximum absolute atomic E-state index is 9.09. The summed E-state index contributed by atoms with van der Waals surface area (Å²) in [6, 6.07) is 9.93. The average Bonchev–Trinajstić information content (AvgIpc) is 3.31. The molecule has 1 aliphatic heterocycles. The molecule has 1 aliphatic rings. The first-order chi connectivity index (χ1) is 13.2. The van der Waals surface area contributed by atoms with Gasteiger partial charge in [-0.05, 0) is 26.3 Å². The quantitative estimate of drug-likeness (QED) is 0.721. The van der Waals surface area contributed by atoms with Gasteiger partial charge in [-0.2, -0.15) is 10.1 Å². The highest BCUT2D eigenvalue weighted by Gasteiger charge is 2.26. The van der Waals surface area contributed by atoms with Gasteiger partial charge in [-0.15, -0.1) is 0 Å². The van der Waals surface area contributed by atoms with E-state index in [1.165, 1.54) is 5.56 Å². The molecule has 1 aromatic carbocycles. The number of rotatable bonds is 6. The lowest BCUT2D eigenvalue weighted by molar-refractivity contribution is 0.180. The molecule has 3 aromatic rings. The van der Waals surface area contributed by atoms with Crippen molar-refractivity contribution in [2.45, 2.75) is 38.8 Å². The number of benzene rings is 1. The summed E-state index contributed by atoms with van der Waals surface area (Å²) in [6.07, 6.45) is 4.21. The van der Waals surface area contributed by atoms with Crippen molar-refractivity contribution in [2.24, 2.45) is 0 Å². The van der Waals surface area contributed by atoms with E-state index in [1.807, 2.05) is 48.1 Å². The molecule has 0 radical (unpaired) electrons. The van der Waals surface area contributed by atoms with Crippen LogP contribution in [0.1, 0.15) is 35.9 Å². The topological polar surface area (TPSA) is 80.2 Å². The Morgan fingerprint density at radius 1 is 1.26 bits per heavy atom. The summed E-state index contributed by atoms with van der Waals surface area (Å²) in [6.45, 7) is 5.48. The Bertz CT molecular complexity index is 874. The fraction of sp³-hybridized carbons (Fsp3) is 0.450. The van der Waals surface area contributed by atoms with Gasteiger partial charge < -0.3 is 9.63 Å². The molecule has 7 heteroatoms. The van der Waals surface area contributed by atoms with Crippen LogP contribution in [0.3, 0.4) is 0 Å². The minimum absolute atomic E-state index is 0.104. The predicted molar refractivity (Wildman–Crippen MR) is 101 cm³/mol. The molecule has 1 saturated heterocycles. The van der Waals surface area contributed by atoms with E-state index >= 15 is 0 Å². The lowest BCUT2D eigenvalue weighted by Crippen LogP contribution is -2.34. The van der Waals surface area contributed by atoms with Crippen LogP contribution in [0.2, 0.25) is 0 Å². The molecule has 27 heavy (non-hydrogen) atoms. The second kappa shape index (κ2) is 8.02. The first kappa shape index (κ1) is 17.9. The highest BCUT2D eigenvalue weighted by Crippen LogP contribution is 2.28. The van der Waals surface area contributed by atoms with Crippen molar-refractivity contribution in [2.75, 3.05) is 19.7 Å². The molecule has 0 aliphatic carbocycles. The summed E-state index contributed by atoms with van der Waals surface area (Å²) >= 11 is 0. The summed E-state index contributed by atoms with van der Waals surface area (Å²) in [5, 5.41) is 17.7. The molecule has 1 atom stereocenters. The van der Waals surface area contributed by atoms with E-state index in [1.54, 1.807) is 0 Å². The van der Waals surface area contributed by atoms with Crippen molar-refractivity contribution < 1.29 is 9.63 Å². The van der Waals surface area contributed by atoms with E-state index < -0.39 is 0 Å². The maximum atomic E-state index is 9.09. The molecule has 0 unspecified atom stereocenters. The second-order valence-electron chi connectivity index (χ2n) is 7.12. The number of aromatic nitrogens is 4. The van der Waals surface area contributed by atoms with E-state index in [0.29, 0.717) is 12.4 Å². The average molecular weight is 367 g/mol. The number of piperidine rings is 1. The Labute approximate surface area is 158 Å². The summed E-state index contributed by atoms with van der Waals surface area (Å²) < 4.78 is 7.40. The van der Waals surface area contributed by atoms with Gasteiger partial charge in [-0.25, -0.2) is 0 Å². The molecule has 7 nitrogen and oxygen atoms in total. The summed E-state index contributed by atoms with van der Waals surface area (Å²) in [4.78, 5) is 7.07. The SMILES string of the molecule is Cc1nn(CCO)cc1CN1CCC[C@H](c2nc(-c3ccccc3)no2)C1. The third-order valence-electron chi connectivity index (χ3n) is 5.10. The van der Waals surface area contributed by atoms with E-state index in [-0.39, 0.29) is 12.5 Å². The van der Waals surface area contributed by atoms with Crippen LogP contribution >= 0.6 is 0 Å². The van der Waals surface area contributed by atoms with Crippen LogP contribution in [0.5, 0.6) is 0 Å². The lowest BCUT2D eigenvalue weighted by Gasteiger charge is -2.30. The second-order valence-corrected chi connectivity index (χ2v) is 7.12. The molecule has 0 spiro atoms. The summed E-state index contributed by atoms with van der Waals surface area (Å²) in [5.74, 6) is 1.65. The molecule has 4 rings (SSSR count). The molecular formula is C20H25N5O2. The fourth-order valence-electron chi connectivity index (χ4n) is 3.68. The Morgan fingerprint density at radius 2 is 2.11 bits per heavy atom. The molecule has 0 saturated carbocycles. The van der Waals surface area contributed by atoms with Crippen LogP contribution in [0, 0.1) is 6.92 Å². The molecular weight excluding hydrogens is 342 g/mol. The Hall–Kier alpha value is -2.51. The van der Waals surface area contributed by atoms with Crippen LogP contribution < -0.4 is 0 Å². The zero-order chi connectivity index (χ0) is 18.6. The van der Waals surface area contributed by atoms with Gasteiger partial charge in [-0.3, -0.25) is 9.58 Å². The van der Waals surface area contributed by atoms with E-state index in [2.05, 4.69) is 20.1 Å². The van der Waals surface area contributed by atoms with Crippen molar-refractivity contribution in [3.05, 3.63) is 53.7 Å². The van der Waals surface area contributed by atoms with Crippen LogP contribution in [0.15, 0.2) is 41.1 Å². The first-order valence-corrected chi connectivity index (χ1v) is 9.48. The highest BCUT2D eigenvalue weighted by molar-refractivity contribution is 5.53. The third kappa shape index (κ3) is 4.09. The zero-order valence-electron chi connectivity index (χ0n) is 15.6. The van der Waals surface area contributed by atoms with Crippen LogP contribution in [-0.4, -0.2) is 49.6 Å². The summed E-state index contributed by atoms with van der Waals surface area (Å²) in [7, 11) is 0.